The van der Waals surface area contributed by atoms with E-state index in [1.54, 1.807) is 23.4 Å². The molecule has 180 valence electrons. The van der Waals surface area contributed by atoms with Crippen LogP contribution in [0.3, 0.4) is 0 Å². The number of aromatic nitrogens is 1. The summed E-state index contributed by atoms with van der Waals surface area (Å²) in [6, 6.07) is 14.6. The highest BCUT2D eigenvalue weighted by Crippen LogP contribution is 2.32. The summed E-state index contributed by atoms with van der Waals surface area (Å²) in [7, 11) is -3.78. The van der Waals surface area contributed by atoms with E-state index >= 15 is 0 Å². The van der Waals surface area contributed by atoms with Gasteiger partial charge in [-0.25, -0.2) is 8.42 Å². The first-order valence-corrected chi connectivity index (χ1v) is 13.6. The second-order valence-electron chi connectivity index (χ2n) is 9.40. The molecular formula is C25H30N4O3S2. The van der Waals surface area contributed by atoms with Gasteiger partial charge in [0, 0.05) is 42.6 Å². The third-order valence-electron chi connectivity index (χ3n) is 5.87. The molecule has 1 aliphatic rings. The van der Waals surface area contributed by atoms with Crippen LogP contribution >= 0.6 is 11.3 Å². The number of nitrogens with zero attached hydrogens (tertiary/aromatic N) is 2. The van der Waals surface area contributed by atoms with Crippen LogP contribution < -0.4 is 10.0 Å². The van der Waals surface area contributed by atoms with E-state index in [1.165, 1.54) is 16.9 Å². The highest BCUT2D eigenvalue weighted by atomic mass is 32.2. The molecular weight excluding hydrogens is 468 g/mol. The predicted octanol–water partition coefficient (Wildman–Crippen LogP) is 4.10. The van der Waals surface area contributed by atoms with E-state index in [2.05, 4.69) is 47.9 Å². The van der Waals surface area contributed by atoms with E-state index in [4.69, 9.17) is 0 Å². The monoisotopic (exact) mass is 498 g/mol. The first kappa shape index (κ1) is 24.4. The topological polar surface area (TPSA) is 91.4 Å². The van der Waals surface area contributed by atoms with Crippen molar-refractivity contribution in [2.75, 3.05) is 25.0 Å². The van der Waals surface area contributed by atoms with Gasteiger partial charge in [-0.1, -0.05) is 45.0 Å². The summed E-state index contributed by atoms with van der Waals surface area (Å²) in [6.07, 6.45) is 3.86. The average molecular weight is 499 g/mol. The zero-order valence-corrected chi connectivity index (χ0v) is 21.2. The number of thiophene rings is 1. The van der Waals surface area contributed by atoms with Gasteiger partial charge in [0.1, 0.15) is 10.3 Å². The molecule has 1 fully saturated rings. The van der Waals surface area contributed by atoms with Crippen LogP contribution in [0, 0.1) is 0 Å². The molecule has 1 atom stereocenters. The summed E-state index contributed by atoms with van der Waals surface area (Å²) in [5, 5.41) is 3.24. The van der Waals surface area contributed by atoms with Crippen molar-refractivity contribution < 1.29 is 13.2 Å². The summed E-state index contributed by atoms with van der Waals surface area (Å²) in [4.78, 5) is 19.3. The minimum Gasteiger partial charge on any atom is -0.383 e. The van der Waals surface area contributed by atoms with Crippen LogP contribution in [0.1, 0.15) is 32.8 Å². The van der Waals surface area contributed by atoms with Gasteiger partial charge in [-0.2, -0.15) is 4.72 Å². The molecule has 4 rings (SSSR count). The molecule has 0 bridgehead atoms. The Hall–Kier alpha value is -2.75. The molecule has 3 aromatic rings. The van der Waals surface area contributed by atoms with Crippen LogP contribution in [-0.2, 0) is 20.2 Å². The Morgan fingerprint density at radius 2 is 1.76 bits per heavy atom. The second kappa shape index (κ2) is 9.85. The summed E-state index contributed by atoms with van der Waals surface area (Å²) >= 11 is 1.21. The molecule has 7 nitrogen and oxygen atoms in total. The first-order chi connectivity index (χ1) is 16.1. The minimum absolute atomic E-state index is 0.0587. The fraction of sp³-hybridized carbons (Fsp3) is 0.360. The Morgan fingerprint density at radius 1 is 1.06 bits per heavy atom. The number of hydrogen-bond donors (Lipinski definition) is 2. The van der Waals surface area contributed by atoms with Gasteiger partial charge in [0.25, 0.3) is 10.0 Å². The Morgan fingerprint density at radius 3 is 2.44 bits per heavy atom. The number of amides is 1. The van der Waals surface area contributed by atoms with Crippen molar-refractivity contribution in [1.82, 2.24) is 14.6 Å². The zero-order valence-electron chi connectivity index (χ0n) is 19.6. The fourth-order valence-electron chi connectivity index (χ4n) is 3.87. The maximum Gasteiger partial charge on any atom is 0.250 e. The van der Waals surface area contributed by atoms with Gasteiger partial charge in [0.15, 0.2) is 0 Å². The number of rotatable bonds is 8. The molecule has 0 aliphatic carbocycles. The average Bonchev–Trinajstić information content (AvgIpc) is 3.43. The summed E-state index contributed by atoms with van der Waals surface area (Å²) < 4.78 is 28.8. The molecule has 0 saturated carbocycles. The van der Waals surface area contributed by atoms with E-state index in [0.717, 1.165) is 16.1 Å². The zero-order chi connectivity index (χ0) is 24.3. The number of sulfonamides is 1. The van der Waals surface area contributed by atoms with Crippen molar-refractivity contribution in [3.05, 3.63) is 66.5 Å². The number of anilines is 1. The number of hydrogen-bond acceptors (Lipinski definition) is 6. The molecule has 0 unspecified atom stereocenters. The molecule has 1 saturated heterocycles. The van der Waals surface area contributed by atoms with Crippen LogP contribution in [0.25, 0.3) is 10.4 Å². The molecule has 2 N–H and O–H groups in total. The SMILES string of the molecule is CC(C)(C)c1ccc(-c2ccc(S(=O)(=O)N[C@H]3CCN(CCNc4ccncc4)C3=O)s2)cc1. The van der Waals surface area contributed by atoms with Crippen LogP contribution in [0.5, 0.6) is 0 Å². The molecule has 1 aliphatic heterocycles. The smallest absolute Gasteiger partial charge is 0.250 e. The highest BCUT2D eigenvalue weighted by molar-refractivity contribution is 7.91. The van der Waals surface area contributed by atoms with Gasteiger partial charge in [0.2, 0.25) is 5.91 Å². The van der Waals surface area contributed by atoms with Gasteiger partial charge in [-0.15, -0.1) is 11.3 Å². The van der Waals surface area contributed by atoms with Crippen molar-refractivity contribution in [3.8, 4) is 10.4 Å². The molecule has 34 heavy (non-hydrogen) atoms. The van der Waals surface area contributed by atoms with Gasteiger partial charge in [-0.05, 0) is 47.2 Å². The van der Waals surface area contributed by atoms with Crippen molar-refractivity contribution >= 4 is 33.0 Å². The number of likely N-dealkylation sites (tertiary alicyclic amines) is 1. The lowest BCUT2D eigenvalue weighted by molar-refractivity contribution is -0.128. The third kappa shape index (κ3) is 5.65. The Balaban J connectivity index is 1.36. The predicted molar refractivity (Wildman–Crippen MR) is 136 cm³/mol. The van der Waals surface area contributed by atoms with E-state index in [0.29, 0.717) is 26.1 Å². The normalized spacial score (nSPS) is 16.7. The Kier molecular flexibility index (Phi) is 7.06. The largest absolute Gasteiger partial charge is 0.383 e. The van der Waals surface area contributed by atoms with Crippen molar-refractivity contribution in [2.45, 2.75) is 42.9 Å². The number of pyridine rings is 1. The molecule has 1 amide bonds. The Labute approximate surface area is 205 Å². The maximum atomic E-state index is 13.0. The van der Waals surface area contributed by atoms with E-state index in [1.807, 2.05) is 30.3 Å². The van der Waals surface area contributed by atoms with E-state index < -0.39 is 16.1 Å². The molecule has 0 spiro atoms. The lowest BCUT2D eigenvalue weighted by Gasteiger charge is -2.19. The molecule has 1 aromatic carbocycles. The second-order valence-corrected chi connectivity index (χ2v) is 12.4. The summed E-state index contributed by atoms with van der Waals surface area (Å²) in [5.41, 5.74) is 3.19. The van der Waals surface area contributed by atoms with Crippen molar-refractivity contribution in [1.29, 1.82) is 0 Å². The number of benzene rings is 1. The summed E-state index contributed by atoms with van der Waals surface area (Å²) in [5.74, 6) is -0.186. The van der Waals surface area contributed by atoms with Crippen LogP contribution in [0.4, 0.5) is 5.69 Å². The minimum atomic E-state index is -3.78. The first-order valence-electron chi connectivity index (χ1n) is 11.3. The quantitative estimate of drug-likeness (QED) is 0.488. The third-order valence-corrected chi connectivity index (χ3v) is 8.97. The van der Waals surface area contributed by atoms with E-state index in [-0.39, 0.29) is 15.5 Å². The fourth-order valence-corrected chi connectivity index (χ4v) is 6.43. The van der Waals surface area contributed by atoms with Gasteiger partial charge >= 0.3 is 0 Å². The molecule has 9 heteroatoms. The van der Waals surface area contributed by atoms with Crippen LogP contribution in [0.15, 0.2) is 65.1 Å². The van der Waals surface area contributed by atoms with E-state index in [9.17, 15) is 13.2 Å². The molecule has 3 heterocycles. The lowest BCUT2D eigenvalue weighted by Crippen LogP contribution is -2.42. The lowest BCUT2D eigenvalue weighted by atomic mass is 9.86. The van der Waals surface area contributed by atoms with Gasteiger partial charge in [0.05, 0.1) is 0 Å². The van der Waals surface area contributed by atoms with Crippen molar-refractivity contribution in [2.24, 2.45) is 0 Å². The number of nitrogens with one attached hydrogen (secondary N) is 2. The highest BCUT2D eigenvalue weighted by Gasteiger charge is 2.35. The van der Waals surface area contributed by atoms with Crippen LogP contribution in [0.2, 0.25) is 0 Å². The Bertz CT molecular complexity index is 1230. The summed E-state index contributed by atoms with van der Waals surface area (Å²) in [6.45, 7) is 8.09. The van der Waals surface area contributed by atoms with Gasteiger partial charge < -0.3 is 10.2 Å². The maximum absolute atomic E-state index is 13.0. The van der Waals surface area contributed by atoms with Crippen molar-refractivity contribution in [3.63, 3.8) is 0 Å². The molecule has 2 aromatic heterocycles. The van der Waals surface area contributed by atoms with Gasteiger partial charge in [-0.3, -0.25) is 9.78 Å². The standard InChI is InChI=1S/C25H30N4O3S2/c1-25(2,3)19-6-4-18(5-7-19)22-8-9-23(33-22)34(31,32)28-21-12-16-29(24(21)30)17-15-27-20-10-13-26-14-11-20/h4-11,13-14,21,28H,12,15-17H2,1-3H3,(H,26,27)/t21-/m0/s1. The number of carbonyl (C=O) groups excluding carboxylic acids is 1. The molecule has 0 radical (unpaired) electrons. The van der Waals surface area contributed by atoms with Crippen LogP contribution in [-0.4, -0.2) is 49.9 Å². The number of carbonyl (C=O) groups is 1.